The van der Waals surface area contributed by atoms with E-state index >= 15 is 0 Å². The molecule has 1 atom stereocenters. The van der Waals surface area contributed by atoms with Crippen LogP contribution in [0.25, 0.3) is 0 Å². The van der Waals surface area contributed by atoms with Crippen molar-refractivity contribution >= 4 is 12.0 Å². The first-order chi connectivity index (χ1) is 12.3. The van der Waals surface area contributed by atoms with E-state index in [0.29, 0.717) is 18.5 Å². The summed E-state index contributed by atoms with van der Waals surface area (Å²) in [5.41, 5.74) is -0.466. The molecule has 2 fully saturated rings. The average molecular weight is 368 g/mol. The van der Waals surface area contributed by atoms with Crippen LogP contribution in [-0.4, -0.2) is 54.7 Å². The summed E-state index contributed by atoms with van der Waals surface area (Å²) in [6.45, 7) is 11.4. The number of nitrogens with zero attached hydrogens (tertiary/aromatic N) is 1. The van der Waals surface area contributed by atoms with Gasteiger partial charge in [-0.25, -0.2) is 4.79 Å². The van der Waals surface area contributed by atoms with Gasteiger partial charge in [-0.1, -0.05) is 6.92 Å². The minimum Gasteiger partial charge on any atom is -0.444 e. The van der Waals surface area contributed by atoms with E-state index in [1.807, 2.05) is 20.8 Å². The number of hydrogen-bond donors (Lipinski definition) is 2. The molecule has 0 unspecified atom stereocenters. The highest BCUT2D eigenvalue weighted by molar-refractivity contribution is 5.78. The first kappa shape index (κ1) is 21.0. The van der Waals surface area contributed by atoms with E-state index in [1.165, 1.54) is 12.8 Å². The number of carbonyl (C=O) groups excluding carboxylic acids is 2. The van der Waals surface area contributed by atoms with Crippen LogP contribution in [0.1, 0.15) is 66.2 Å². The molecule has 6 heteroatoms. The molecule has 0 aromatic carbocycles. The summed E-state index contributed by atoms with van der Waals surface area (Å²) in [4.78, 5) is 26.7. The lowest BCUT2D eigenvalue weighted by atomic mass is 9.81. The largest absolute Gasteiger partial charge is 0.444 e. The number of nitrogens with one attached hydrogen (secondary N) is 2. The quantitative estimate of drug-likeness (QED) is 0.757. The standard InChI is InChI=1S/C20H37N3O3/c1-5-23-12-6-7-17(23)14-21-18(24)16-10-8-15(9-11-16)13-22-19(25)26-20(2,3)4/h15-17H,5-14H2,1-4H3,(H,21,24)(H,22,25)/t15?,16?,17-/m1/s1. The molecular weight excluding hydrogens is 330 g/mol. The molecule has 1 aliphatic heterocycles. The van der Waals surface area contributed by atoms with Gasteiger partial charge in [0.2, 0.25) is 5.91 Å². The molecule has 1 saturated heterocycles. The zero-order chi connectivity index (χ0) is 19.2. The Hall–Kier alpha value is -1.30. The number of likely N-dealkylation sites (N-methyl/N-ethyl adjacent to an activating group) is 1. The predicted octanol–water partition coefficient (Wildman–Crippen LogP) is 2.92. The van der Waals surface area contributed by atoms with Gasteiger partial charge in [-0.2, -0.15) is 0 Å². The van der Waals surface area contributed by atoms with Gasteiger partial charge in [0.15, 0.2) is 0 Å². The highest BCUT2D eigenvalue weighted by Crippen LogP contribution is 2.28. The molecular formula is C20H37N3O3. The lowest BCUT2D eigenvalue weighted by Crippen LogP contribution is -2.43. The van der Waals surface area contributed by atoms with E-state index in [0.717, 1.165) is 45.3 Å². The molecule has 6 nitrogen and oxygen atoms in total. The Bertz CT molecular complexity index is 467. The smallest absolute Gasteiger partial charge is 0.407 e. The molecule has 26 heavy (non-hydrogen) atoms. The lowest BCUT2D eigenvalue weighted by Gasteiger charge is -2.29. The van der Waals surface area contributed by atoms with E-state index in [4.69, 9.17) is 4.74 Å². The first-order valence-corrected chi connectivity index (χ1v) is 10.3. The highest BCUT2D eigenvalue weighted by atomic mass is 16.6. The molecule has 150 valence electrons. The summed E-state index contributed by atoms with van der Waals surface area (Å²) in [5.74, 6) is 0.785. The van der Waals surface area contributed by atoms with Crippen LogP contribution in [0, 0.1) is 11.8 Å². The van der Waals surface area contributed by atoms with Gasteiger partial charge < -0.3 is 15.4 Å². The normalized spacial score (nSPS) is 27.2. The molecule has 0 bridgehead atoms. The fourth-order valence-corrected chi connectivity index (χ4v) is 4.08. The molecule has 2 rings (SSSR count). The van der Waals surface area contributed by atoms with Crippen molar-refractivity contribution in [1.82, 2.24) is 15.5 Å². The van der Waals surface area contributed by atoms with Crippen molar-refractivity contribution in [3.05, 3.63) is 0 Å². The zero-order valence-corrected chi connectivity index (χ0v) is 17.0. The molecule has 2 amide bonds. The SMILES string of the molecule is CCN1CCC[C@@H]1CNC(=O)C1CCC(CNC(=O)OC(C)(C)C)CC1. The summed E-state index contributed by atoms with van der Waals surface area (Å²) in [6.07, 6.45) is 5.87. The van der Waals surface area contributed by atoms with Gasteiger partial charge in [-0.15, -0.1) is 0 Å². The van der Waals surface area contributed by atoms with Crippen LogP contribution in [0.5, 0.6) is 0 Å². The van der Waals surface area contributed by atoms with Crippen LogP contribution in [0.4, 0.5) is 4.79 Å². The topological polar surface area (TPSA) is 70.7 Å². The predicted molar refractivity (Wildman–Crippen MR) is 103 cm³/mol. The summed E-state index contributed by atoms with van der Waals surface area (Å²) >= 11 is 0. The maximum Gasteiger partial charge on any atom is 0.407 e. The molecule has 0 spiro atoms. The number of alkyl carbamates (subject to hydrolysis) is 1. The van der Waals surface area contributed by atoms with Crippen LogP contribution in [0.15, 0.2) is 0 Å². The third-order valence-corrected chi connectivity index (χ3v) is 5.57. The minimum absolute atomic E-state index is 0.129. The van der Waals surface area contributed by atoms with Crippen molar-refractivity contribution in [2.75, 3.05) is 26.2 Å². The van der Waals surface area contributed by atoms with Gasteiger partial charge in [-0.05, 0) is 78.3 Å². The monoisotopic (exact) mass is 367 g/mol. The third kappa shape index (κ3) is 6.78. The van der Waals surface area contributed by atoms with Crippen molar-refractivity contribution in [2.45, 2.75) is 77.9 Å². The van der Waals surface area contributed by atoms with Crippen molar-refractivity contribution in [1.29, 1.82) is 0 Å². The second kappa shape index (κ2) is 9.58. The number of amides is 2. The van der Waals surface area contributed by atoms with Crippen LogP contribution in [0.2, 0.25) is 0 Å². The highest BCUT2D eigenvalue weighted by Gasteiger charge is 2.28. The second-order valence-corrected chi connectivity index (χ2v) is 8.77. The molecule has 2 N–H and O–H groups in total. The van der Waals surface area contributed by atoms with Crippen LogP contribution >= 0.6 is 0 Å². The fourth-order valence-electron chi connectivity index (χ4n) is 4.08. The van der Waals surface area contributed by atoms with Gasteiger partial charge in [0, 0.05) is 25.0 Å². The molecule has 1 saturated carbocycles. The first-order valence-electron chi connectivity index (χ1n) is 10.3. The molecule has 0 aromatic rings. The van der Waals surface area contributed by atoms with E-state index in [1.54, 1.807) is 0 Å². The van der Waals surface area contributed by atoms with Gasteiger partial charge in [0.05, 0.1) is 0 Å². The fraction of sp³-hybridized carbons (Fsp3) is 0.900. The van der Waals surface area contributed by atoms with Crippen LogP contribution < -0.4 is 10.6 Å². The van der Waals surface area contributed by atoms with Gasteiger partial charge in [0.25, 0.3) is 0 Å². The van der Waals surface area contributed by atoms with E-state index < -0.39 is 5.60 Å². The van der Waals surface area contributed by atoms with Crippen molar-refractivity contribution in [2.24, 2.45) is 11.8 Å². The Morgan fingerprint density at radius 1 is 1.04 bits per heavy atom. The Balaban J connectivity index is 1.63. The molecule has 0 aromatic heterocycles. The Kier molecular flexibility index (Phi) is 7.74. The van der Waals surface area contributed by atoms with Crippen LogP contribution in [0.3, 0.4) is 0 Å². The van der Waals surface area contributed by atoms with Crippen molar-refractivity contribution in [3.8, 4) is 0 Å². The number of carbonyl (C=O) groups is 2. The third-order valence-electron chi connectivity index (χ3n) is 5.57. The lowest BCUT2D eigenvalue weighted by molar-refractivity contribution is -0.126. The molecule has 1 heterocycles. The number of ether oxygens (including phenoxy) is 1. The maximum absolute atomic E-state index is 12.5. The summed E-state index contributed by atoms with van der Waals surface area (Å²) in [7, 11) is 0. The second-order valence-electron chi connectivity index (χ2n) is 8.77. The van der Waals surface area contributed by atoms with E-state index in [2.05, 4.69) is 22.5 Å². The van der Waals surface area contributed by atoms with Crippen LogP contribution in [-0.2, 0) is 9.53 Å². The van der Waals surface area contributed by atoms with Gasteiger partial charge in [0.1, 0.15) is 5.60 Å². The summed E-state index contributed by atoms with van der Waals surface area (Å²) < 4.78 is 5.27. The van der Waals surface area contributed by atoms with E-state index in [9.17, 15) is 9.59 Å². The summed E-state index contributed by atoms with van der Waals surface area (Å²) in [5, 5.41) is 6.04. The maximum atomic E-state index is 12.5. The average Bonchev–Trinajstić information content (AvgIpc) is 3.04. The minimum atomic E-state index is -0.466. The van der Waals surface area contributed by atoms with E-state index in [-0.39, 0.29) is 17.9 Å². The van der Waals surface area contributed by atoms with Gasteiger partial charge in [-0.3, -0.25) is 9.69 Å². The number of likely N-dealkylation sites (tertiary alicyclic amines) is 1. The molecule has 1 aliphatic carbocycles. The zero-order valence-electron chi connectivity index (χ0n) is 17.0. The van der Waals surface area contributed by atoms with Gasteiger partial charge >= 0.3 is 6.09 Å². The Labute approximate surface area is 158 Å². The molecule has 0 radical (unpaired) electrons. The number of rotatable bonds is 6. The van der Waals surface area contributed by atoms with Crippen molar-refractivity contribution < 1.29 is 14.3 Å². The Morgan fingerprint density at radius 2 is 1.73 bits per heavy atom. The number of hydrogen-bond acceptors (Lipinski definition) is 4. The Morgan fingerprint density at radius 3 is 2.35 bits per heavy atom. The summed E-state index contributed by atoms with van der Waals surface area (Å²) in [6, 6.07) is 0.512. The molecule has 2 aliphatic rings. The van der Waals surface area contributed by atoms with Crippen molar-refractivity contribution in [3.63, 3.8) is 0 Å².